The molecule has 2 nitrogen and oxygen atoms in total. The smallest absolute Gasteiger partial charge is 0.00484 e. The molecule has 0 saturated carbocycles. The first-order chi connectivity index (χ1) is 5.91. The summed E-state index contributed by atoms with van der Waals surface area (Å²) in [6.07, 6.45) is 4.81. The van der Waals surface area contributed by atoms with Gasteiger partial charge >= 0.3 is 0 Å². The fourth-order valence-electron chi connectivity index (χ4n) is 1.05. The van der Waals surface area contributed by atoms with E-state index in [1.165, 1.54) is 19.3 Å². The number of nitrogens with one attached hydrogen (secondary N) is 2. The van der Waals surface area contributed by atoms with Crippen LogP contribution >= 0.6 is 0 Å². The maximum absolute atomic E-state index is 3.79. The van der Waals surface area contributed by atoms with Crippen LogP contribution in [0.2, 0.25) is 0 Å². The van der Waals surface area contributed by atoms with Crippen LogP contribution in [0, 0.1) is 6.92 Å². The molecule has 2 heteroatoms. The highest BCUT2D eigenvalue weighted by Crippen LogP contribution is 1.86. The molecule has 0 aromatic carbocycles. The normalized spacial score (nSPS) is 10.5. The molecule has 0 aromatic heterocycles. The Morgan fingerprint density at radius 3 is 2.08 bits per heavy atom. The molecular formula is C10H23N2. The molecule has 0 aliphatic rings. The van der Waals surface area contributed by atoms with Gasteiger partial charge in [0, 0.05) is 0 Å². The number of hydrogen-bond acceptors (Lipinski definition) is 2. The Morgan fingerprint density at radius 1 is 0.917 bits per heavy atom. The highest BCUT2D eigenvalue weighted by Gasteiger charge is 1.87. The molecule has 0 aliphatic carbocycles. The van der Waals surface area contributed by atoms with Crippen LogP contribution in [-0.2, 0) is 0 Å². The fraction of sp³-hybridized carbons (Fsp3) is 0.900. The van der Waals surface area contributed by atoms with E-state index < -0.39 is 0 Å². The van der Waals surface area contributed by atoms with Gasteiger partial charge in [-0.2, -0.15) is 0 Å². The van der Waals surface area contributed by atoms with Crippen molar-refractivity contribution in [2.45, 2.75) is 32.6 Å². The van der Waals surface area contributed by atoms with Crippen molar-refractivity contribution in [3.8, 4) is 0 Å². The third kappa shape index (κ3) is 9.92. The van der Waals surface area contributed by atoms with Gasteiger partial charge in [0.05, 0.1) is 0 Å². The van der Waals surface area contributed by atoms with Gasteiger partial charge in [-0.05, 0) is 45.4 Å². The first kappa shape index (κ1) is 11.9. The van der Waals surface area contributed by atoms with Crippen molar-refractivity contribution in [1.82, 2.24) is 10.6 Å². The second-order valence-electron chi connectivity index (χ2n) is 3.02. The second-order valence-corrected chi connectivity index (χ2v) is 3.02. The zero-order chi connectivity index (χ0) is 9.07. The summed E-state index contributed by atoms with van der Waals surface area (Å²) in [5.74, 6) is 0. The second kappa shape index (κ2) is 10.9. The summed E-state index contributed by atoms with van der Waals surface area (Å²) in [4.78, 5) is 0. The van der Waals surface area contributed by atoms with Gasteiger partial charge in [-0.3, -0.25) is 0 Å². The van der Waals surface area contributed by atoms with Gasteiger partial charge in [0.2, 0.25) is 0 Å². The van der Waals surface area contributed by atoms with Crippen molar-refractivity contribution in [2.75, 3.05) is 26.2 Å². The third-order valence-corrected chi connectivity index (χ3v) is 1.81. The van der Waals surface area contributed by atoms with Gasteiger partial charge in [0.25, 0.3) is 0 Å². The minimum absolute atomic E-state index is 1.05. The molecule has 0 atom stereocenters. The van der Waals surface area contributed by atoms with Gasteiger partial charge in [-0.1, -0.05) is 20.3 Å². The predicted molar refractivity (Wildman–Crippen MR) is 55.2 cm³/mol. The lowest BCUT2D eigenvalue weighted by molar-refractivity contribution is 0.582. The molecule has 0 heterocycles. The highest BCUT2D eigenvalue weighted by atomic mass is 14.9. The van der Waals surface area contributed by atoms with Crippen molar-refractivity contribution in [3.05, 3.63) is 6.92 Å². The van der Waals surface area contributed by atoms with Crippen LogP contribution in [0.3, 0.4) is 0 Å². The van der Waals surface area contributed by atoms with Crippen LogP contribution in [0.1, 0.15) is 32.6 Å². The van der Waals surface area contributed by atoms with Crippen molar-refractivity contribution < 1.29 is 0 Å². The zero-order valence-electron chi connectivity index (χ0n) is 8.36. The van der Waals surface area contributed by atoms with Gasteiger partial charge in [0.15, 0.2) is 0 Å². The lowest BCUT2D eigenvalue weighted by atomic mass is 10.3. The van der Waals surface area contributed by atoms with E-state index in [1.54, 1.807) is 0 Å². The highest BCUT2D eigenvalue weighted by molar-refractivity contribution is 4.51. The Balaban J connectivity index is 2.73. The van der Waals surface area contributed by atoms with E-state index in [4.69, 9.17) is 0 Å². The minimum Gasteiger partial charge on any atom is -0.317 e. The largest absolute Gasteiger partial charge is 0.317 e. The Morgan fingerprint density at radius 2 is 1.50 bits per heavy atom. The van der Waals surface area contributed by atoms with Gasteiger partial charge in [0.1, 0.15) is 0 Å². The molecule has 0 aromatic rings. The molecule has 0 unspecified atom stereocenters. The lowest BCUT2D eigenvalue weighted by Gasteiger charge is -2.03. The molecule has 73 valence electrons. The molecule has 0 fully saturated rings. The van der Waals surface area contributed by atoms with Crippen molar-refractivity contribution in [2.24, 2.45) is 0 Å². The molecule has 0 bridgehead atoms. The molecule has 0 aliphatic heterocycles. The fourth-order valence-corrected chi connectivity index (χ4v) is 1.05. The predicted octanol–water partition coefficient (Wildman–Crippen LogP) is 1.58. The summed E-state index contributed by atoms with van der Waals surface area (Å²) in [6.45, 7) is 10.5. The SMILES string of the molecule is [CH2]CCCNCCCCNCC. The Labute approximate surface area is 77.1 Å². The van der Waals surface area contributed by atoms with Crippen molar-refractivity contribution in [1.29, 1.82) is 0 Å². The molecule has 0 saturated heterocycles. The maximum atomic E-state index is 3.79. The Hall–Kier alpha value is -0.0800. The van der Waals surface area contributed by atoms with E-state index in [0.717, 1.165) is 32.6 Å². The topological polar surface area (TPSA) is 24.1 Å². The average Bonchev–Trinajstić information content (AvgIpc) is 2.10. The Bertz CT molecular complexity index is 64.2. The van der Waals surface area contributed by atoms with E-state index >= 15 is 0 Å². The molecule has 12 heavy (non-hydrogen) atoms. The van der Waals surface area contributed by atoms with Crippen LogP contribution in [0.15, 0.2) is 0 Å². The summed E-state index contributed by atoms with van der Waals surface area (Å²) < 4.78 is 0. The molecule has 0 spiro atoms. The molecule has 2 N–H and O–H groups in total. The van der Waals surface area contributed by atoms with E-state index in [-0.39, 0.29) is 0 Å². The summed E-state index contributed by atoms with van der Waals surface area (Å²) in [6, 6.07) is 0. The maximum Gasteiger partial charge on any atom is -0.00484 e. The van der Waals surface area contributed by atoms with Crippen molar-refractivity contribution in [3.63, 3.8) is 0 Å². The molecular weight excluding hydrogens is 148 g/mol. The van der Waals surface area contributed by atoms with E-state index in [2.05, 4.69) is 24.5 Å². The van der Waals surface area contributed by atoms with Crippen LogP contribution in [-0.4, -0.2) is 26.2 Å². The molecule has 0 rings (SSSR count). The van der Waals surface area contributed by atoms with Gasteiger partial charge < -0.3 is 10.6 Å². The van der Waals surface area contributed by atoms with E-state index in [0.29, 0.717) is 0 Å². The van der Waals surface area contributed by atoms with Crippen LogP contribution in [0.5, 0.6) is 0 Å². The first-order valence-corrected chi connectivity index (χ1v) is 5.12. The number of hydrogen-bond donors (Lipinski definition) is 2. The van der Waals surface area contributed by atoms with Crippen LogP contribution < -0.4 is 10.6 Å². The number of unbranched alkanes of at least 4 members (excludes halogenated alkanes) is 2. The lowest BCUT2D eigenvalue weighted by Crippen LogP contribution is -2.19. The summed E-state index contributed by atoms with van der Waals surface area (Å²) in [5.41, 5.74) is 0. The van der Waals surface area contributed by atoms with E-state index in [9.17, 15) is 0 Å². The average molecular weight is 171 g/mol. The Kier molecular flexibility index (Phi) is 10.8. The first-order valence-electron chi connectivity index (χ1n) is 5.12. The minimum atomic E-state index is 1.05. The third-order valence-electron chi connectivity index (χ3n) is 1.81. The molecule has 0 amide bonds. The van der Waals surface area contributed by atoms with Crippen LogP contribution in [0.4, 0.5) is 0 Å². The zero-order valence-corrected chi connectivity index (χ0v) is 8.36. The van der Waals surface area contributed by atoms with Gasteiger partial charge in [-0.15, -0.1) is 0 Å². The summed E-state index contributed by atoms with van der Waals surface area (Å²) in [5, 5.41) is 6.71. The van der Waals surface area contributed by atoms with E-state index in [1.807, 2.05) is 0 Å². The standard InChI is InChI=1S/C10H23N2/c1-3-5-8-12-10-7-6-9-11-4-2/h11-12H,1,3-10H2,2H3. The van der Waals surface area contributed by atoms with Gasteiger partial charge in [-0.25, -0.2) is 0 Å². The quantitative estimate of drug-likeness (QED) is 0.515. The van der Waals surface area contributed by atoms with Crippen LogP contribution in [0.25, 0.3) is 0 Å². The van der Waals surface area contributed by atoms with Crippen molar-refractivity contribution >= 4 is 0 Å². The summed E-state index contributed by atoms with van der Waals surface area (Å²) in [7, 11) is 0. The monoisotopic (exact) mass is 171 g/mol. The summed E-state index contributed by atoms with van der Waals surface area (Å²) >= 11 is 0. The molecule has 1 radical (unpaired) electrons. The number of rotatable bonds is 9.